The van der Waals surface area contributed by atoms with Gasteiger partial charge >= 0.3 is 0 Å². The van der Waals surface area contributed by atoms with E-state index >= 15 is 0 Å². The minimum atomic E-state index is -0.277. The first-order chi connectivity index (χ1) is 15.7. The van der Waals surface area contributed by atoms with Crippen LogP contribution in [-0.4, -0.2) is 19.8 Å². The molecule has 4 heterocycles. The van der Waals surface area contributed by atoms with Gasteiger partial charge in [-0.1, -0.05) is 29.5 Å². The number of hydrogen-bond donors (Lipinski definition) is 0. The number of para-hydroxylation sites is 1. The van der Waals surface area contributed by atoms with Crippen LogP contribution in [0.15, 0.2) is 69.5 Å². The van der Waals surface area contributed by atoms with Crippen LogP contribution in [0.3, 0.4) is 0 Å². The van der Waals surface area contributed by atoms with Crippen LogP contribution in [0.1, 0.15) is 16.3 Å². The SMILES string of the molecule is Cc1c(-c2nnc3sc(/C=C/c4ccc(-c5ccc(F)cc5)o4)nn23)oc2ccccc12. The average Bonchev–Trinajstić information content (AvgIpc) is 3.57. The molecule has 0 saturated heterocycles. The molecule has 0 saturated carbocycles. The van der Waals surface area contributed by atoms with Gasteiger partial charge in [0.2, 0.25) is 10.8 Å². The van der Waals surface area contributed by atoms with Gasteiger partial charge in [-0.3, -0.25) is 0 Å². The smallest absolute Gasteiger partial charge is 0.235 e. The number of hydrogen-bond acceptors (Lipinski definition) is 6. The van der Waals surface area contributed by atoms with Gasteiger partial charge in [0.25, 0.3) is 0 Å². The first-order valence-corrected chi connectivity index (χ1v) is 10.7. The fourth-order valence-corrected chi connectivity index (χ4v) is 4.33. The zero-order valence-electron chi connectivity index (χ0n) is 16.8. The molecule has 0 spiro atoms. The minimum Gasteiger partial charge on any atom is -0.457 e. The fourth-order valence-electron chi connectivity index (χ4n) is 3.59. The van der Waals surface area contributed by atoms with Crippen molar-refractivity contribution in [3.63, 3.8) is 0 Å². The molecule has 6 aromatic rings. The number of halogens is 1. The van der Waals surface area contributed by atoms with Crippen molar-refractivity contribution in [1.82, 2.24) is 19.8 Å². The monoisotopic (exact) mass is 442 g/mol. The van der Waals surface area contributed by atoms with Crippen molar-refractivity contribution in [1.29, 1.82) is 0 Å². The standard InChI is InChI=1S/C24H15FN4O2S/c1-14-18-4-2-3-5-20(18)31-22(14)23-26-27-24-29(23)28-21(32-24)13-11-17-10-12-19(30-17)15-6-8-16(25)9-7-15/h2-13H,1H3/b13-11+. The molecule has 0 atom stereocenters. The maximum absolute atomic E-state index is 13.1. The second kappa shape index (κ2) is 7.28. The Morgan fingerprint density at radius 2 is 1.78 bits per heavy atom. The van der Waals surface area contributed by atoms with Crippen molar-refractivity contribution < 1.29 is 13.2 Å². The first-order valence-electron chi connectivity index (χ1n) is 9.90. The van der Waals surface area contributed by atoms with Crippen molar-refractivity contribution in [3.05, 3.63) is 82.8 Å². The average molecular weight is 442 g/mol. The summed E-state index contributed by atoms with van der Waals surface area (Å²) in [5.74, 6) is 2.30. The van der Waals surface area contributed by atoms with E-state index in [1.807, 2.05) is 55.5 Å². The number of aromatic nitrogens is 4. The maximum Gasteiger partial charge on any atom is 0.235 e. The molecule has 8 heteroatoms. The zero-order valence-corrected chi connectivity index (χ0v) is 17.6. The molecule has 32 heavy (non-hydrogen) atoms. The van der Waals surface area contributed by atoms with E-state index in [0.717, 1.165) is 27.1 Å². The zero-order chi connectivity index (χ0) is 21.7. The lowest BCUT2D eigenvalue weighted by atomic mass is 10.1. The van der Waals surface area contributed by atoms with Gasteiger partial charge in [-0.05, 0) is 61.5 Å². The number of aryl methyl sites for hydroxylation is 1. The van der Waals surface area contributed by atoms with Crippen LogP contribution in [0, 0.1) is 12.7 Å². The summed E-state index contributed by atoms with van der Waals surface area (Å²) in [6.45, 7) is 2.00. The summed E-state index contributed by atoms with van der Waals surface area (Å²) >= 11 is 1.42. The lowest BCUT2D eigenvalue weighted by Gasteiger charge is -1.95. The summed E-state index contributed by atoms with van der Waals surface area (Å²) in [4.78, 5) is 0.672. The van der Waals surface area contributed by atoms with E-state index in [-0.39, 0.29) is 5.82 Å². The van der Waals surface area contributed by atoms with Crippen molar-refractivity contribution in [3.8, 4) is 22.9 Å². The number of nitrogens with zero attached hydrogens (tertiary/aromatic N) is 4. The third-order valence-corrected chi connectivity index (χ3v) is 6.06. The number of furan rings is 2. The Kier molecular flexibility index (Phi) is 4.26. The Hall–Kier alpha value is -4.04. The Morgan fingerprint density at radius 3 is 2.62 bits per heavy atom. The third-order valence-electron chi connectivity index (χ3n) is 5.20. The van der Waals surface area contributed by atoms with E-state index in [0.29, 0.717) is 28.1 Å². The Bertz CT molecular complexity index is 1600. The number of benzene rings is 2. The molecule has 2 aromatic carbocycles. The molecule has 4 aromatic heterocycles. The van der Waals surface area contributed by atoms with Gasteiger partial charge in [-0.2, -0.15) is 9.61 Å². The second-order valence-electron chi connectivity index (χ2n) is 7.25. The van der Waals surface area contributed by atoms with Crippen LogP contribution in [0.5, 0.6) is 0 Å². The van der Waals surface area contributed by atoms with Gasteiger partial charge in [0.1, 0.15) is 27.9 Å². The Morgan fingerprint density at radius 1 is 0.938 bits per heavy atom. The number of fused-ring (bicyclic) bond motifs is 2. The summed E-state index contributed by atoms with van der Waals surface area (Å²) in [5, 5.41) is 15.0. The van der Waals surface area contributed by atoms with E-state index in [9.17, 15) is 4.39 Å². The van der Waals surface area contributed by atoms with Crippen LogP contribution >= 0.6 is 11.3 Å². The molecule has 0 aliphatic rings. The number of rotatable bonds is 4. The quantitative estimate of drug-likeness (QED) is 0.313. The highest BCUT2D eigenvalue weighted by Gasteiger charge is 2.19. The first kappa shape index (κ1) is 18.7. The van der Waals surface area contributed by atoms with E-state index in [2.05, 4.69) is 15.3 Å². The topological polar surface area (TPSA) is 69.4 Å². The molecule has 0 bridgehead atoms. The van der Waals surface area contributed by atoms with Crippen molar-refractivity contribution >= 4 is 39.4 Å². The van der Waals surface area contributed by atoms with E-state index < -0.39 is 0 Å². The highest BCUT2D eigenvalue weighted by atomic mass is 32.1. The minimum absolute atomic E-state index is 0.277. The molecule has 0 aliphatic carbocycles. The maximum atomic E-state index is 13.1. The van der Waals surface area contributed by atoms with E-state index in [1.165, 1.54) is 23.5 Å². The molecule has 0 N–H and O–H groups in total. The summed E-state index contributed by atoms with van der Waals surface area (Å²) < 4.78 is 26.7. The van der Waals surface area contributed by atoms with Crippen LogP contribution in [0.2, 0.25) is 0 Å². The van der Waals surface area contributed by atoms with Gasteiger partial charge < -0.3 is 8.83 Å². The second-order valence-corrected chi connectivity index (χ2v) is 8.24. The van der Waals surface area contributed by atoms with E-state index in [4.69, 9.17) is 8.83 Å². The third kappa shape index (κ3) is 3.12. The summed E-state index contributed by atoms with van der Waals surface area (Å²) in [7, 11) is 0. The molecule has 6 rings (SSSR count). The van der Waals surface area contributed by atoms with Gasteiger partial charge in [-0.25, -0.2) is 4.39 Å². The molecule has 0 amide bonds. The molecular weight excluding hydrogens is 427 g/mol. The predicted molar refractivity (Wildman–Crippen MR) is 122 cm³/mol. The van der Waals surface area contributed by atoms with Crippen molar-refractivity contribution in [2.75, 3.05) is 0 Å². The molecule has 0 radical (unpaired) electrons. The largest absolute Gasteiger partial charge is 0.457 e. The lowest BCUT2D eigenvalue weighted by molar-refractivity contribution is 0.571. The van der Waals surface area contributed by atoms with Crippen LogP contribution in [0.25, 0.3) is 51.0 Å². The van der Waals surface area contributed by atoms with Gasteiger partial charge in [0, 0.05) is 16.5 Å². The normalized spacial score (nSPS) is 11.9. The predicted octanol–water partition coefficient (Wildman–Crippen LogP) is 6.48. The molecular formula is C24H15FN4O2S. The van der Waals surface area contributed by atoms with Crippen LogP contribution < -0.4 is 0 Å². The molecule has 6 nitrogen and oxygen atoms in total. The van der Waals surface area contributed by atoms with Gasteiger partial charge in [-0.15, -0.1) is 10.2 Å². The van der Waals surface area contributed by atoms with Crippen LogP contribution in [-0.2, 0) is 0 Å². The summed E-state index contributed by atoms with van der Waals surface area (Å²) in [6.07, 6.45) is 3.70. The molecule has 0 fully saturated rings. The van der Waals surface area contributed by atoms with Crippen LogP contribution in [0.4, 0.5) is 4.39 Å². The fraction of sp³-hybridized carbons (Fsp3) is 0.0417. The summed E-state index contributed by atoms with van der Waals surface area (Å²) in [6, 6.07) is 17.8. The van der Waals surface area contributed by atoms with E-state index in [1.54, 1.807) is 16.6 Å². The summed E-state index contributed by atoms with van der Waals surface area (Å²) in [5.41, 5.74) is 2.63. The highest BCUT2D eigenvalue weighted by molar-refractivity contribution is 7.17. The Balaban J connectivity index is 1.31. The molecule has 0 aliphatic heterocycles. The Labute approximate surface area is 185 Å². The van der Waals surface area contributed by atoms with Crippen molar-refractivity contribution in [2.45, 2.75) is 6.92 Å². The molecule has 156 valence electrons. The van der Waals surface area contributed by atoms with Gasteiger partial charge in [0.15, 0.2) is 5.76 Å². The molecule has 0 unspecified atom stereocenters. The highest BCUT2D eigenvalue weighted by Crippen LogP contribution is 2.33. The lowest BCUT2D eigenvalue weighted by Crippen LogP contribution is -1.90. The van der Waals surface area contributed by atoms with Gasteiger partial charge in [0.05, 0.1) is 0 Å². The van der Waals surface area contributed by atoms with Crippen molar-refractivity contribution in [2.24, 2.45) is 0 Å².